The summed E-state index contributed by atoms with van der Waals surface area (Å²) in [6, 6.07) is -0.683. The molecule has 0 spiro atoms. The summed E-state index contributed by atoms with van der Waals surface area (Å²) < 4.78 is 1.33. The van der Waals surface area contributed by atoms with Crippen molar-refractivity contribution in [3.05, 3.63) is 21.0 Å². The number of anilines is 1. The van der Waals surface area contributed by atoms with Crippen molar-refractivity contribution in [3.63, 3.8) is 0 Å². The first-order valence-electron chi connectivity index (χ1n) is 8.41. The summed E-state index contributed by atoms with van der Waals surface area (Å²) in [6.45, 7) is 8.42. The molecule has 132 valence electrons. The van der Waals surface area contributed by atoms with Crippen molar-refractivity contribution in [3.8, 4) is 0 Å². The molecule has 4 rings (SSSR count). The monoisotopic (exact) mass is 397 g/mol. The van der Waals surface area contributed by atoms with Gasteiger partial charge in [-0.15, -0.1) is 0 Å². The molecule has 3 aliphatic carbocycles. The van der Waals surface area contributed by atoms with E-state index in [0.717, 1.165) is 17.0 Å². The number of carboxylic acid groups (broad SMARTS) is 1. The Hall–Kier alpha value is -1.37. The molecule has 0 radical (unpaired) electrons. The van der Waals surface area contributed by atoms with Gasteiger partial charge in [-0.2, -0.15) is 5.10 Å². The Bertz CT molecular complexity index is 730. The Kier molecular flexibility index (Phi) is 4.26. The summed E-state index contributed by atoms with van der Waals surface area (Å²) in [6.07, 6.45) is 3.93. The van der Waals surface area contributed by atoms with Crippen molar-refractivity contribution in [2.75, 3.05) is 5.32 Å². The van der Waals surface area contributed by atoms with Crippen LogP contribution in [0.15, 0.2) is 15.5 Å². The summed E-state index contributed by atoms with van der Waals surface area (Å²) in [5.41, 5.74) is 0.626. The van der Waals surface area contributed by atoms with Gasteiger partial charge in [-0.3, -0.25) is 4.79 Å². The van der Waals surface area contributed by atoms with Crippen LogP contribution < -0.4 is 10.9 Å². The van der Waals surface area contributed by atoms with Crippen molar-refractivity contribution >= 4 is 27.6 Å². The lowest BCUT2D eigenvalue weighted by Gasteiger charge is -2.62. The van der Waals surface area contributed by atoms with Crippen molar-refractivity contribution in [1.29, 1.82) is 0 Å². The van der Waals surface area contributed by atoms with Gasteiger partial charge in [-0.05, 0) is 58.9 Å². The summed E-state index contributed by atoms with van der Waals surface area (Å²) in [4.78, 5) is 23.5. The van der Waals surface area contributed by atoms with Crippen LogP contribution in [0.5, 0.6) is 0 Å². The maximum atomic E-state index is 12.4. The molecule has 1 heterocycles. The van der Waals surface area contributed by atoms with Gasteiger partial charge in [-0.1, -0.05) is 20.8 Å². The number of halogens is 1. The number of aromatic nitrogens is 2. The molecule has 24 heavy (non-hydrogen) atoms. The molecule has 1 aromatic rings. The molecule has 7 heteroatoms. The molecule has 1 aromatic heterocycles. The van der Waals surface area contributed by atoms with E-state index in [4.69, 9.17) is 5.11 Å². The van der Waals surface area contributed by atoms with E-state index < -0.39 is 17.6 Å². The number of carbonyl (C=O) groups is 1. The highest BCUT2D eigenvalue weighted by Gasteiger charge is 2.56. The molecule has 6 nitrogen and oxygen atoms in total. The third-order valence-corrected chi connectivity index (χ3v) is 7.13. The molecule has 3 aliphatic rings. The standard InChI is InChI=1S/C17H24BrN3O3/c1-8-11-5-10(17(11,3)4)6-12(8)20-13-7-19-21(9(2)16(23)24)15(22)14(13)18/h7-12,20H,5-6H2,1-4H3,(H,23,24)/t8-,9?,10-,11+,12-/m1/s1. The molecule has 2 N–H and O–H groups in total. The van der Waals surface area contributed by atoms with E-state index in [9.17, 15) is 9.59 Å². The number of hydrogen-bond acceptors (Lipinski definition) is 4. The number of aliphatic carboxylic acids is 1. The first kappa shape index (κ1) is 17.5. The Morgan fingerprint density at radius 2 is 2.17 bits per heavy atom. The molecule has 0 aromatic carbocycles. The smallest absolute Gasteiger partial charge is 0.328 e. The highest BCUT2D eigenvalue weighted by Crippen LogP contribution is 2.61. The Morgan fingerprint density at radius 3 is 2.71 bits per heavy atom. The highest BCUT2D eigenvalue weighted by atomic mass is 79.9. The van der Waals surface area contributed by atoms with Crippen LogP contribution in [0.1, 0.15) is 46.6 Å². The first-order valence-corrected chi connectivity index (χ1v) is 9.20. The molecule has 2 bridgehead atoms. The van der Waals surface area contributed by atoms with Crippen molar-refractivity contribution in [1.82, 2.24) is 9.78 Å². The maximum Gasteiger partial charge on any atom is 0.328 e. The van der Waals surface area contributed by atoms with E-state index in [1.165, 1.54) is 13.3 Å². The van der Waals surface area contributed by atoms with E-state index in [1.54, 1.807) is 6.20 Å². The van der Waals surface area contributed by atoms with Gasteiger partial charge >= 0.3 is 5.97 Å². The molecule has 0 saturated heterocycles. The van der Waals surface area contributed by atoms with Gasteiger partial charge in [0.25, 0.3) is 5.56 Å². The van der Waals surface area contributed by atoms with E-state index in [2.05, 4.69) is 47.1 Å². The number of nitrogens with zero attached hydrogens (tertiary/aromatic N) is 2. The minimum Gasteiger partial charge on any atom is -0.480 e. The van der Waals surface area contributed by atoms with Crippen LogP contribution in [0.25, 0.3) is 0 Å². The van der Waals surface area contributed by atoms with Gasteiger partial charge in [-0.25, -0.2) is 9.48 Å². The van der Waals surface area contributed by atoms with Crippen LogP contribution in [0, 0.1) is 23.2 Å². The van der Waals surface area contributed by atoms with E-state index in [-0.39, 0.29) is 0 Å². The van der Waals surface area contributed by atoms with Crippen molar-refractivity contribution in [2.45, 2.75) is 52.6 Å². The highest BCUT2D eigenvalue weighted by molar-refractivity contribution is 9.10. The second-order valence-corrected chi connectivity index (χ2v) is 8.64. The summed E-state index contributed by atoms with van der Waals surface area (Å²) in [5.74, 6) is 0.862. The molecule has 0 amide bonds. The first-order chi connectivity index (χ1) is 11.1. The van der Waals surface area contributed by atoms with Gasteiger partial charge in [0, 0.05) is 6.04 Å². The summed E-state index contributed by atoms with van der Waals surface area (Å²) in [5, 5.41) is 16.6. The van der Waals surface area contributed by atoms with Crippen LogP contribution >= 0.6 is 15.9 Å². The third kappa shape index (κ3) is 2.57. The zero-order valence-electron chi connectivity index (χ0n) is 14.4. The average Bonchev–Trinajstić information content (AvgIpc) is 2.52. The van der Waals surface area contributed by atoms with E-state index >= 15 is 0 Å². The van der Waals surface area contributed by atoms with E-state index in [0.29, 0.717) is 33.5 Å². The van der Waals surface area contributed by atoms with Crippen molar-refractivity contribution < 1.29 is 9.90 Å². The van der Waals surface area contributed by atoms with Crippen molar-refractivity contribution in [2.24, 2.45) is 23.2 Å². The molecule has 0 aliphatic heterocycles. The Balaban J connectivity index is 1.81. The fourth-order valence-corrected chi connectivity index (χ4v) is 4.86. The lowest BCUT2D eigenvalue weighted by Crippen LogP contribution is -2.58. The number of fused-ring (bicyclic) bond motifs is 2. The Labute approximate surface area is 149 Å². The molecular weight excluding hydrogens is 374 g/mol. The van der Waals surface area contributed by atoms with Gasteiger partial charge in [0.1, 0.15) is 4.47 Å². The lowest BCUT2D eigenvalue weighted by atomic mass is 9.45. The quantitative estimate of drug-likeness (QED) is 0.814. The molecular formula is C17H24BrN3O3. The number of rotatable bonds is 4. The normalized spacial score (nSPS) is 31.9. The van der Waals surface area contributed by atoms with Gasteiger partial charge in [0.2, 0.25) is 0 Å². The third-order valence-electron chi connectivity index (χ3n) is 6.36. The average molecular weight is 398 g/mol. The minimum absolute atomic E-state index is 0.312. The maximum absolute atomic E-state index is 12.4. The topological polar surface area (TPSA) is 84.2 Å². The van der Waals surface area contributed by atoms with Crippen LogP contribution in [-0.2, 0) is 4.79 Å². The number of nitrogens with one attached hydrogen (secondary N) is 1. The second-order valence-electron chi connectivity index (χ2n) is 7.84. The molecule has 3 fully saturated rings. The van der Waals surface area contributed by atoms with Gasteiger partial charge in [0.15, 0.2) is 6.04 Å². The van der Waals surface area contributed by atoms with E-state index in [1.807, 2.05) is 0 Å². The SMILES string of the molecule is CC(C(=O)O)n1ncc(N[C@@H]2C[C@H]3C[C@@H]([C@H]2C)C3(C)C)c(Br)c1=O. The van der Waals surface area contributed by atoms with Gasteiger partial charge in [0.05, 0.1) is 11.9 Å². The molecule has 5 atom stereocenters. The zero-order valence-corrected chi connectivity index (χ0v) is 16.0. The fourth-order valence-electron chi connectivity index (χ4n) is 4.47. The second kappa shape index (κ2) is 5.86. The van der Waals surface area contributed by atoms with Crippen LogP contribution in [0.4, 0.5) is 5.69 Å². The largest absolute Gasteiger partial charge is 0.480 e. The van der Waals surface area contributed by atoms with Gasteiger partial charge < -0.3 is 10.4 Å². The zero-order chi connectivity index (χ0) is 17.8. The number of carboxylic acids is 1. The summed E-state index contributed by atoms with van der Waals surface area (Å²) >= 11 is 3.32. The van der Waals surface area contributed by atoms with Crippen LogP contribution in [0.2, 0.25) is 0 Å². The predicted molar refractivity (Wildman–Crippen MR) is 95.1 cm³/mol. The molecule has 1 unspecified atom stereocenters. The Morgan fingerprint density at radius 1 is 1.50 bits per heavy atom. The lowest BCUT2D eigenvalue weighted by molar-refractivity contribution is -0.140. The predicted octanol–water partition coefficient (Wildman–Crippen LogP) is 3.13. The van der Waals surface area contributed by atoms with Crippen LogP contribution in [-0.4, -0.2) is 26.9 Å². The fraction of sp³-hybridized carbons (Fsp3) is 0.706. The summed E-state index contributed by atoms with van der Waals surface area (Å²) in [7, 11) is 0. The minimum atomic E-state index is -1.08. The molecule has 3 saturated carbocycles. The number of hydrogen-bond donors (Lipinski definition) is 2. The van der Waals surface area contributed by atoms with Crippen LogP contribution in [0.3, 0.4) is 0 Å².